The highest BCUT2D eigenvalue weighted by molar-refractivity contribution is 7.19. The number of nitrogens with zero attached hydrogens (tertiary/aromatic N) is 6. The van der Waals surface area contributed by atoms with E-state index in [9.17, 15) is 0 Å². The fourth-order valence-corrected chi connectivity index (χ4v) is 5.42. The van der Waals surface area contributed by atoms with E-state index in [1.807, 2.05) is 31.8 Å². The zero-order valence-electron chi connectivity index (χ0n) is 17.7. The van der Waals surface area contributed by atoms with Crippen LogP contribution in [0.3, 0.4) is 0 Å². The molecule has 0 spiro atoms. The Morgan fingerprint density at radius 1 is 1.23 bits per heavy atom. The monoisotopic (exact) mass is 438 g/mol. The predicted molar refractivity (Wildman–Crippen MR) is 125 cm³/mol. The Hall–Kier alpha value is -2.37. The van der Waals surface area contributed by atoms with E-state index in [0.717, 1.165) is 63.2 Å². The molecule has 0 saturated carbocycles. The molecule has 1 aliphatic heterocycles. The number of halogens is 1. The Kier molecular flexibility index (Phi) is 5.85. The quantitative estimate of drug-likeness (QED) is 0.372. The molecule has 0 atom stereocenters. The molecule has 154 valence electrons. The third-order valence-electron chi connectivity index (χ3n) is 5.63. The third-order valence-corrected chi connectivity index (χ3v) is 6.94. The molecule has 0 amide bonds. The zero-order valence-corrected chi connectivity index (χ0v) is 19.3. The van der Waals surface area contributed by atoms with Crippen LogP contribution in [0.1, 0.15) is 43.9 Å². The highest BCUT2D eigenvalue weighted by Gasteiger charge is 2.29. The van der Waals surface area contributed by atoms with Crippen LogP contribution in [0.25, 0.3) is 26.4 Å². The summed E-state index contributed by atoms with van der Waals surface area (Å²) in [5.41, 5.74) is 4.13. The van der Waals surface area contributed by atoms with Gasteiger partial charge in [0, 0.05) is 36.1 Å². The number of aryl methyl sites for hydroxylation is 2. The van der Waals surface area contributed by atoms with E-state index < -0.39 is 0 Å². The van der Waals surface area contributed by atoms with Crippen LogP contribution < -0.4 is 0 Å². The molecule has 9 heteroatoms. The summed E-state index contributed by atoms with van der Waals surface area (Å²) < 4.78 is 3.59. The Morgan fingerprint density at radius 2 is 1.97 bits per heavy atom. The summed E-state index contributed by atoms with van der Waals surface area (Å²) in [6, 6.07) is 4.23. The molecule has 1 aromatic carbocycles. The number of benzene rings is 1. The van der Waals surface area contributed by atoms with Crippen molar-refractivity contribution in [3.63, 3.8) is 0 Å². The number of nitriles is 1. The van der Waals surface area contributed by atoms with Crippen molar-refractivity contribution < 1.29 is 0 Å². The minimum atomic E-state index is 0.175. The van der Waals surface area contributed by atoms with Gasteiger partial charge in [0.1, 0.15) is 5.01 Å². The second-order valence-corrected chi connectivity index (χ2v) is 8.91. The van der Waals surface area contributed by atoms with Crippen molar-refractivity contribution >= 4 is 45.5 Å². The molecule has 4 heterocycles. The Balaban J connectivity index is 0.00000106. The van der Waals surface area contributed by atoms with E-state index in [-0.39, 0.29) is 6.71 Å². The number of rotatable bonds is 2. The Labute approximate surface area is 185 Å². The molecule has 0 radical (unpaired) electrons. The van der Waals surface area contributed by atoms with Crippen molar-refractivity contribution in [2.75, 3.05) is 0 Å². The molecule has 1 saturated heterocycles. The lowest BCUT2D eigenvalue weighted by Gasteiger charge is -2.21. The Morgan fingerprint density at radius 3 is 2.63 bits per heavy atom. The van der Waals surface area contributed by atoms with E-state index in [2.05, 4.69) is 30.1 Å². The van der Waals surface area contributed by atoms with Crippen molar-refractivity contribution in [2.45, 2.75) is 52.2 Å². The highest BCUT2D eigenvalue weighted by atomic mass is 35.5. The summed E-state index contributed by atoms with van der Waals surface area (Å²) in [4.78, 5) is 5.63. The molecule has 1 aliphatic rings. The molecule has 3 aromatic heterocycles. The first-order valence-corrected chi connectivity index (χ1v) is 11.6. The summed E-state index contributed by atoms with van der Waals surface area (Å²) in [5.74, 6) is 2.70. The SMILES string of the molecule is CC.Cc1cc(-c2nn3c(Cl)c(C4CCB(C#N)CC4)nc3s2)cc2cn(C)nc12. The van der Waals surface area contributed by atoms with Gasteiger partial charge in [-0.3, -0.25) is 4.68 Å². The smallest absolute Gasteiger partial charge is 0.267 e. The molecule has 4 aromatic rings. The second-order valence-electron chi connectivity index (χ2n) is 7.60. The highest BCUT2D eigenvalue weighted by Crippen LogP contribution is 2.39. The lowest BCUT2D eigenvalue weighted by atomic mass is 9.41. The van der Waals surface area contributed by atoms with E-state index in [4.69, 9.17) is 26.9 Å². The number of fused-ring (bicyclic) bond motifs is 2. The van der Waals surface area contributed by atoms with Crippen LogP contribution in [0.4, 0.5) is 0 Å². The maximum Gasteiger partial charge on any atom is 0.267 e. The van der Waals surface area contributed by atoms with Crippen LogP contribution in [0.2, 0.25) is 17.8 Å². The standard InChI is InChI=1S/C19H18BClN6S.C2H6/c1-11-7-13(8-14-9-26(2)24-15(11)14)18-25-27-17(21)16(23-19(27)28-18)12-3-5-20(10-22)6-4-12;1-2/h7-9,12H,3-6H2,1-2H3;1-2H3. The predicted octanol–water partition coefficient (Wildman–Crippen LogP) is 5.77. The van der Waals surface area contributed by atoms with Crippen molar-refractivity contribution in [3.8, 4) is 16.5 Å². The van der Waals surface area contributed by atoms with Gasteiger partial charge in [0.2, 0.25) is 4.96 Å². The van der Waals surface area contributed by atoms with Crippen LogP contribution >= 0.6 is 22.9 Å². The topological polar surface area (TPSA) is 71.8 Å². The number of hydrogen-bond donors (Lipinski definition) is 0. The fraction of sp³-hybridized carbons (Fsp3) is 0.429. The average molecular weight is 439 g/mol. The minimum Gasteiger partial charge on any atom is -0.275 e. The number of imidazole rings is 1. The first-order valence-electron chi connectivity index (χ1n) is 10.4. The van der Waals surface area contributed by atoms with Gasteiger partial charge in [0.05, 0.1) is 11.2 Å². The van der Waals surface area contributed by atoms with Gasteiger partial charge in [-0.1, -0.05) is 62.3 Å². The summed E-state index contributed by atoms with van der Waals surface area (Å²) >= 11 is 8.21. The van der Waals surface area contributed by atoms with Crippen LogP contribution in [0.15, 0.2) is 18.3 Å². The molecular formula is C21H24BClN6S. The Bertz CT molecular complexity index is 1240. The third kappa shape index (κ3) is 3.61. The normalized spacial score (nSPS) is 14.7. The average Bonchev–Trinajstić information content (AvgIpc) is 3.43. The zero-order chi connectivity index (χ0) is 21.4. The van der Waals surface area contributed by atoms with Gasteiger partial charge in [-0.15, -0.1) is 0 Å². The van der Waals surface area contributed by atoms with Gasteiger partial charge < -0.3 is 0 Å². The van der Waals surface area contributed by atoms with Crippen LogP contribution in [-0.4, -0.2) is 31.1 Å². The lowest BCUT2D eigenvalue weighted by Crippen LogP contribution is -2.19. The van der Waals surface area contributed by atoms with Crippen molar-refractivity contribution in [1.82, 2.24) is 24.4 Å². The van der Waals surface area contributed by atoms with Gasteiger partial charge in [-0.2, -0.15) is 14.7 Å². The summed E-state index contributed by atoms with van der Waals surface area (Å²) in [6.45, 7) is 6.24. The van der Waals surface area contributed by atoms with Gasteiger partial charge >= 0.3 is 0 Å². The molecule has 6 nitrogen and oxygen atoms in total. The molecule has 5 rings (SSSR count). The maximum absolute atomic E-state index is 9.10. The molecule has 0 N–H and O–H groups in total. The van der Waals surface area contributed by atoms with E-state index >= 15 is 0 Å². The molecule has 0 aliphatic carbocycles. The maximum atomic E-state index is 9.10. The summed E-state index contributed by atoms with van der Waals surface area (Å²) in [6.07, 6.45) is 5.80. The number of aromatic nitrogens is 5. The fourth-order valence-electron chi connectivity index (χ4n) is 4.16. The molecule has 30 heavy (non-hydrogen) atoms. The van der Waals surface area contributed by atoms with Crippen LogP contribution in [0.5, 0.6) is 0 Å². The summed E-state index contributed by atoms with van der Waals surface area (Å²) in [5, 5.41) is 21.0. The van der Waals surface area contributed by atoms with E-state index in [0.29, 0.717) is 11.1 Å². The largest absolute Gasteiger partial charge is 0.275 e. The van der Waals surface area contributed by atoms with Crippen molar-refractivity contribution in [2.24, 2.45) is 7.05 Å². The first-order chi connectivity index (χ1) is 14.5. The molecular weight excluding hydrogens is 415 g/mol. The van der Waals surface area contributed by atoms with Crippen molar-refractivity contribution in [3.05, 3.63) is 34.7 Å². The van der Waals surface area contributed by atoms with Gasteiger partial charge in [0.15, 0.2) is 5.15 Å². The summed E-state index contributed by atoms with van der Waals surface area (Å²) in [7, 11) is 1.93. The first kappa shape index (κ1) is 20.9. The second kappa shape index (κ2) is 8.40. The molecule has 0 unspecified atom stereocenters. The van der Waals surface area contributed by atoms with Crippen LogP contribution in [0, 0.1) is 18.2 Å². The minimum absolute atomic E-state index is 0.175. The van der Waals surface area contributed by atoms with Gasteiger partial charge in [-0.05, 0) is 24.6 Å². The molecule has 0 bridgehead atoms. The van der Waals surface area contributed by atoms with Gasteiger partial charge in [0.25, 0.3) is 6.71 Å². The van der Waals surface area contributed by atoms with Crippen LogP contribution in [-0.2, 0) is 7.05 Å². The molecule has 1 fully saturated rings. The van der Waals surface area contributed by atoms with E-state index in [1.54, 1.807) is 15.9 Å². The van der Waals surface area contributed by atoms with Gasteiger partial charge in [-0.25, -0.2) is 10.2 Å². The number of hydrogen-bond acceptors (Lipinski definition) is 5. The van der Waals surface area contributed by atoms with Crippen molar-refractivity contribution in [1.29, 1.82) is 5.26 Å². The lowest BCUT2D eigenvalue weighted by molar-refractivity contribution is 0.598. The van der Waals surface area contributed by atoms with E-state index in [1.165, 1.54) is 0 Å².